The van der Waals surface area contributed by atoms with E-state index >= 15 is 0 Å². The number of sulfonamides is 1. The number of rotatable bonds is 9. The van der Waals surface area contributed by atoms with Crippen LogP contribution in [0.3, 0.4) is 0 Å². The number of carbonyl (C=O) groups is 2. The third-order valence-electron chi connectivity index (χ3n) is 4.66. The lowest BCUT2D eigenvalue weighted by atomic mass is 10.2. The van der Waals surface area contributed by atoms with Gasteiger partial charge < -0.3 is 14.8 Å². The Balaban J connectivity index is 1.83. The van der Waals surface area contributed by atoms with Gasteiger partial charge in [-0.1, -0.05) is 18.2 Å². The average Bonchev–Trinajstić information content (AvgIpc) is 2.83. The molecule has 0 unspecified atom stereocenters. The topological polar surface area (TPSA) is 102 Å². The summed E-state index contributed by atoms with van der Waals surface area (Å²) in [5.74, 6) is -0.453. The maximum atomic E-state index is 13.3. The van der Waals surface area contributed by atoms with E-state index in [4.69, 9.17) is 9.47 Å². The van der Waals surface area contributed by atoms with Crippen LogP contribution in [0.15, 0.2) is 83.8 Å². The molecule has 0 fully saturated rings. The Morgan fingerprint density at radius 3 is 2.12 bits per heavy atom. The Kier molecular flexibility index (Phi) is 7.68. The van der Waals surface area contributed by atoms with Crippen LogP contribution in [0.5, 0.6) is 5.75 Å². The Morgan fingerprint density at radius 2 is 1.55 bits per heavy atom. The Morgan fingerprint density at radius 1 is 0.909 bits per heavy atom. The van der Waals surface area contributed by atoms with Crippen molar-refractivity contribution in [2.75, 3.05) is 29.9 Å². The number of ether oxygens (including phenoxy) is 2. The minimum Gasteiger partial charge on any atom is -0.497 e. The summed E-state index contributed by atoms with van der Waals surface area (Å²) in [5, 5.41) is 2.66. The van der Waals surface area contributed by atoms with Crippen LogP contribution in [-0.4, -0.2) is 40.6 Å². The lowest BCUT2D eigenvalue weighted by molar-refractivity contribution is -0.114. The van der Waals surface area contributed by atoms with Crippen molar-refractivity contribution < 1.29 is 27.5 Å². The highest BCUT2D eigenvalue weighted by atomic mass is 32.2. The second-order valence-electron chi connectivity index (χ2n) is 6.87. The molecule has 9 heteroatoms. The van der Waals surface area contributed by atoms with E-state index < -0.39 is 28.4 Å². The summed E-state index contributed by atoms with van der Waals surface area (Å²) in [7, 11) is -2.51. The molecule has 33 heavy (non-hydrogen) atoms. The monoisotopic (exact) mass is 468 g/mol. The zero-order valence-electron chi connectivity index (χ0n) is 18.2. The zero-order chi connectivity index (χ0) is 23.8. The first-order chi connectivity index (χ1) is 15.8. The number of hydrogen-bond acceptors (Lipinski definition) is 6. The molecular formula is C24H24N2O6S. The Bertz CT molecular complexity index is 1190. The fourth-order valence-corrected chi connectivity index (χ4v) is 4.46. The van der Waals surface area contributed by atoms with Gasteiger partial charge in [-0.2, -0.15) is 0 Å². The van der Waals surface area contributed by atoms with Crippen molar-refractivity contribution in [3.63, 3.8) is 0 Å². The molecule has 0 radical (unpaired) electrons. The molecule has 0 atom stereocenters. The summed E-state index contributed by atoms with van der Waals surface area (Å²) in [6.07, 6.45) is 0. The van der Waals surface area contributed by atoms with Gasteiger partial charge in [-0.3, -0.25) is 9.10 Å². The van der Waals surface area contributed by atoms with Gasteiger partial charge in [-0.05, 0) is 67.6 Å². The third-order valence-corrected chi connectivity index (χ3v) is 6.45. The van der Waals surface area contributed by atoms with Crippen molar-refractivity contribution in [1.29, 1.82) is 0 Å². The van der Waals surface area contributed by atoms with Gasteiger partial charge >= 0.3 is 5.97 Å². The van der Waals surface area contributed by atoms with Crippen molar-refractivity contribution in [3.05, 3.63) is 84.4 Å². The number of carbonyl (C=O) groups excluding carboxylic acids is 2. The fraction of sp³-hybridized carbons (Fsp3) is 0.167. The number of methoxy groups -OCH3 is 1. The molecule has 3 rings (SSSR count). The molecule has 0 aliphatic carbocycles. The standard InChI is InChI=1S/C24H24N2O6S/c1-3-32-24(28)18-9-11-19(12-10-18)25-23(27)17-26(20-13-15-21(31-2)16-14-20)33(29,30)22-7-5-4-6-8-22/h4-16H,3,17H2,1-2H3,(H,25,27). The number of hydrogen-bond donors (Lipinski definition) is 1. The molecule has 1 N–H and O–H groups in total. The van der Waals surface area contributed by atoms with Crippen molar-refractivity contribution in [1.82, 2.24) is 0 Å². The van der Waals surface area contributed by atoms with Crippen LogP contribution in [0, 0.1) is 0 Å². The predicted octanol–water partition coefficient (Wildman–Crippen LogP) is 3.71. The van der Waals surface area contributed by atoms with Crippen LogP contribution in [0.2, 0.25) is 0 Å². The smallest absolute Gasteiger partial charge is 0.338 e. The maximum absolute atomic E-state index is 13.3. The number of esters is 1. The van der Waals surface area contributed by atoms with Gasteiger partial charge in [0, 0.05) is 5.69 Å². The van der Waals surface area contributed by atoms with Crippen LogP contribution in [0.25, 0.3) is 0 Å². The van der Waals surface area contributed by atoms with Gasteiger partial charge in [0.15, 0.2) is 0 Å². The lowest BCUT2D eigenvalue weighted by Gasteiger charge is -2.24. The molecule has 3 aromatic carbocycles. The summed E-state index contributed by atoms with van der Waals surface area (Å²) in [6.45, 7) is 1.52. The van der Waals surface area contributed by atoms with E-state index in [9.17, 15) is 18.0 Å². The zero-order valence-corrected chi connectivity index (χ0v) is 19.0. The van der Waals surface area contributed by atoms with E-state index in [-0.39, 0.29) is 11.5 Å². The molecule has 3 aromatic rings. The van der Waals surface area contributed by atoms with Gasteiger partial charge in [0.25, 0.3) is 10.0 Å². The number of benzene rings is 3. The highest BCUT2D eigenvalue weighted by molar-refractivity contribution is 7.92. The van der Waals surface area contributed by atoms with Crippen LogP contribution in [-0.2, 0) is 19.6 Å². The molecule has 0 aliphatic rings. The first-order valence-electron chi connectivity index (χ1n) is 10.1. The number of nitrogens with zero attached hydrogens (tertiary/aromatic N) is 1. The van der Waals surface area contributed by atoms with Crippen molar-refractivity contribution in [2.24, 2.45) is 0 Å². The minimum atomic E-state index is -4.01. The second kappa shape index (κ2) is 10.6. The summed E-state index contributed by atoms with van der Waals surface area (Å²) in [5.41, 5.74) is 1.08. The first kappa shape index (κ1) is 23.8. The molecular weight excluding hydrogens is 444 g/mol. The van der Waals surface area contributed by atoms with E-state index in [1.165, 1.54) is 31.4 Å². The SMILES string of the molecule is CCOC(=O)c1ccc(NC(=O)CN(c2ccc(OC)cc2)S(=O)(=O)c2ccccc2)cc1. The normalized spacial score (nSPS) is 10.8. The predicted molar refractivity (Wildman–Crippen MR) is 125 cm³/mol. The van der Waals surface area contributed by atoms with Crippen molar-refractivity contribution in [3.8, 4) is 5.75 Å². The largest absolute Gasteiger partial charge is 0.497 e. The van der Waals surface area contributed by atoms with E-state index in [0.29, 0.717) is 22.7 Å². The van der Waals surface area contributed by atoms with Gasteiger partial charge in [0.2, 0.25) is 5.91 Å². The molecule has 172 valence electrons. The first-order valence-corrected chi connectivity index (χ1v) is 11.6. The minimum absolute atomic E-state index is 0.0624. The molecule has 0 aromatic heterocycles. The highest BCUT2D eigenvalue weighted by Gasteiger charge is 2.27. The van der Waals surface area contributed by atoms with E-state index in [0.717, 1.165) is 4.31 Å². The summed E-state index contributed by atoms with van der Waals surface area (Å²) in [6, 6.07) is 20.4. The van der Waals surface area contributed by atoms with Gasteiger partial charge in [0.1, 0.15) is 12.3 Å². The summed E-state index contributed by atoms with van der Waals surface area (Å²) >= 11 is 0. The van der Waals surface area contributed by atoms with Crippen LogP contribution >= 0.6 is 0 Å². The molecule has 0 bridgehead atoms. The Labute approximate surface area is 192 Å². The fourth-order valence-electron chi connectivity index (χ4n) is 3.02. The van der Waals surface area contributed by atoms with Crippen LogP contribution < -0.4 is 14.4 Å². The van der Waals surface area contributed by atoms with Crippen molar-refractivity contribution >= 4 is 33.3 Å². The molecule has 8 nitrogen and oxygen atoms in total. The second-order valence-corrected chi connectivity index (χ2v) is 8.73. The van der Waals surface area contributed by atoms with Gasteiger partial charge in [-0.25, -0.2) is 13.2 Å². The third kappa shape index (κ3) is 5.89. The number of amides is 1. The van der Waals surface area contributed by atoms with E-state index in [1.807, 2.05) is 0 Å². The molecule has 0 heterocycles. The average molecular weight is 469 g/mol. The van der Waals surface area contributed by atoms with Crippen LogP contribution in [0.1, 0.15) is 17.3 Å². The van der Waals surface area contributed by atoms with Gasteiger partial charge in [-0.15, -0.1) is 0 Å². The van der Waals surface area contributed by atoms with Crippen LogP contribution in [0.4, 0.5) is 11.4 Å². The van der Waals surface area contributed by atoms with Gasteiger partial charge in [0.05, 0.1) is 29.9 Å². The lowest BCUT2D eigenvalue weighted by Crippen LogP contribution is -2.38. The maximum Gasteiger partial charge on any atom is 0.338 e. The quantitative estimate of drug-likeness (QED) is 0.481. The molecule has 0 spiro atoms. The molecule has 0 saturated heterocycles. The summed E-state index contributed by atoms with van der Waals surface area (Å²) in [4.78, 5) is 24.6. The number of nitrogens with one attached hydrogen (secondary N) is 1. The van der Waals surface area contributed by atoms with Crippen molar-refractivity contribution in [2.45, 2.75) is 11.8 Å². The van der Waals surface area contributed by atoms with E-state index in [2.05, 4.69) is 5.32 Å². The molecule has 0 aliphatic heterocycles. The highest BCUT2D eigenvalue weighted by Crippen LogP contribution is 2.26. The molecule has 1 amide bonds. The summed E-state index contributed by atoms with van der Waals surface area (Å²) < 4.78 is 37.7. The number of anilines is 2. The molecule has 0 saturated carbocycles. The van der Waals surface area contributed by atoms with E-state index in [1.54, 1.807) is 61.5 Å². The Hall–Kier alpha value is -3.85.